The predicted octanol–water partition coefficient (Wildman–Crippen LogP) is 0.779. The van der Waals surface area contributed by atoms with Gasteiger partial charge in [0.1, 0.15) is 5.75 Å². The molecule has 6 nitrogen and oxygen atoms in total. The number of nitrogen functional groups attached to an aromatic ring is 1. The van der Waals surface area contributed by atoms with Crippen LogP contribution in [-0.2, 0) is 15.6 Å². The summed E-state index contributed by atoms with van der Waals surface area (Å²) in [4.78, 5) is 18.6. The van der Waals surface area contributed by atoms with Crippen molar-refractivity contribution in [2.45, 2.75) is 18.5 Å². The Morgan fingerprint density at radius 3 is 3.05 bits per heavy atom. The number of hydrogen-bond acceptors (Lipinski definition) is 4. The fourth-order valence-corrected chi connectivity index (χ4v) is 2.52. The van der Waals surface area contributed by atoms with Crippen molar-refractivity contribution in [2.24, 2.45) is 0 Å². The van der Waals surface area contributed by atoms with Crippen molar-refractivity contribution in [1.29, 1.82) is 0 Å². The molecule has 1 amide bonds. The van der Waals surface area contributed by atoms with E-state index in [0.29, 0.717) is 22.9 Å². The molecular weight excluding hydrogens is 264 g/mol. The van der Waals surface area contributed by atoms with Crippen LogP contribution in [0.15, 0.2) is 23.4 Å². The molecule has 1 unspecified atom stereocenters. The van der Waals surface area contributed by atoms with Crippen molar-refractivity contribution in [3.8, 4) is 0 Å². The first-order valence-corrected chi connectivity index (χ1v) is 7.32. The monoisotopic (exact) mass is 280 g/mol. The van der Waals surface area contributed by atoms with Crippen molar-refractivity contribution in [3.63, 3.8) is 0 Å². The summed E-state index contributed by atoms with van der Waals surface area (Å²) in [6.45, 7) is 2.55. The number of carbonyl (C=O) groups excluding carboxylic acids is 1. The molecule has 0 aliphatic rings. The summed E-state index contributed by atoms with van der Waals surface area (Å²) in [5, 5.41) is 2.98. The van der Waals surface area contributed by atoms with Gasteiger partial charge in [0.15, 0.2) is 5.16 Å². The minimum atomic E-state index is -1.48. The molecule has 1 heterocycles. The van der Waals surface area contributed by atoms with E-state index in [1.807, 2.05) is 6.92 Å². The zero-order valence-electron chi connectivity index (χ0n) is 10.6. The minimum Gasteiger partial charge on any atom is -0.399 e. The number of nitrogens with two attached hydrogens (primary N) is 1. The van der Waals surface area contributed by atoms with Crippen molar-refractivity contribution in [1.82, 2.24) is 15.3 Å². The van der Waals surface area contributed by atoms with Gasteiger partial charge >= 0.3 is 0 Å². The lowest BCUT2D eigenvalue weighted by atomic mass is 10.3. The maximum absolute atomic E-state index is 12.0. The molecule has 0 fully saturated rings. The molecule has 2 rings (SSSR count). The Hall–Kier alpha value is -1.89. The number of imidazole rings is 1. The maximum atomic E-state index is 12.0. The van der Waals surface area contributed by atoms with Gasteiger partial charge in [-0.25, -0.2) is 4.98 Å². The van der Waals surface area contributed by atoms with Crippen LogP contribution >= 0.6 is 0 Å². The Balaban J connectivity index is 2.11. The van der Waals surface area contributed by atoms with E-state index in [0.717, 1.165) is 11.9 Å². The van der Waals surface area contributed by atoms with Gasteiger partial charge < -0.3 is 16.0 Å². The van der Waals surface area contributed by atoms with Crippen LogP contribution in [0.3, 0.4) is 0 Å². The molecule has 0 radical (unpaired) electrons. The first-order valence-electron chi connectivity index (χ1n) is 6.00. The van der Waals surface area contributed by atoms with Gasteiger partial charge in [-0.15, -0.1) is 0 Å². The van der Waals surface area contributed by atoms with E-state index in [1.165, 1.54) is 0 Å². The van der Waals surface area contributed by atoms with Crippen molar-refractivity contribution in [3.05, 3.63) is 18.2 Å². The number of anilines is 1. The Morgan fingerprint density at radius 2 is 2.32 bits per heavy atom. The van der Waals surface area contributed by atoms with E-state index in [9.17, 15) is 9.00 Å². The van der Waals surface area contributed by atoms with E-state index in [4.69, 9.17) is 5.73 Å². The van der Waals surface area contributed by atoms with Crippen LogP contribution in [-0.4, -0.2) is 32.4 Å². The number of benzene rings is 1. The van der Waals surface area contributed by atoms with Gasteiger partial charge in [0.25, 0.3) is 0 Å². The third-order valence-electron chi connectivity index (χ3n) is 2.53. The first-order chi connectivity index (χ1) is 9.10. The number of carbonyl (C=O) groups is 1. The van der Waals surface area contributed by atoms with Crippen molar-refractivity contribution in [2.75, 3.05) is 18.0 Å². The Labute approximate surface area is 113 Å². The van der Waals surface area contributed by atoms with Crippen LogP contribution in [0.5, 0.6) is 0 Å². The molecule has 0 bridgehead atoms. The smallest absolute Gasteiger partial charge is 0.233 e. The molecule has 0 aliphatic carbocycles. The van der Waals surface area contributed by atoms with E-state index in [2.05, 4.69) is 15.3 Å². The molecule has 0 aliphatic heterocycles. The second kappa shape index (κ2) is 5.83. The van der Waals surface area contributed by atoms with Crippen molar-refractivity contribution < 1.29 is 9.00 Å². The number of aromatic nitrogens is 2. The minimum absolute atomic E-state index is 0.0880. The van der Waals surface area contributed by atoms with E-state index in [1.54, 1.807) is 18.2 Å². The lowest BCUT2D eigenvalue weighted by molar-refractivity contribution is -0.118. The van der Waals surface area contributed by atoms with E-state index >= 15 is 0 Å². The SMILES string of the molecule is CCCNC(=O)CS(=O)c1nc2ccc(N)cc2[nH]1. The maximum Gasteiger partial charge on any atom is 0.233 e. The number of rotatable bonds is 5. The van der Waals surface area contributed by atoms with Gasteiger partial charge in [-0.05, 0) is 24.6 Å². The second-order valence-corrected chi connectivity index (χ2v) is 5.52. The summed E-state index contributed by atoms with van der Waals surface area (Å²) in [5.41, 5.74) is 7.67. The molecule has 7 heteroatoms. The van der Waals surface area contributed by atoms with Crippen LogP contribution in [0.1, 0.15) is 13.3 Å². The Morgan fingerprint density at radius 1 is 1.53 bits per heavy atom. The average Bonchev–Trinajstić information content (AvgIpc) is 2.79. The van der Waals surface area contributed by atoms with Crippen LogP contribution in [0.2, 0.25) is 0 Å². The van der Waals surface area contributed by atoms with Gasteiger partial charge in [0.05, 0.1) is 21.8 Å². The highest BCUT2D eigenvalue weighted by atomic mass is 32.2. The van der Waals surface area contributed by atoms with Gasteiger partial charge in [0.2, 0.25) is 5.91 Å². The zero-order valence-corrected chi connectivity index (χ0v) is 11.4. The third-order valence-corrected chi connectivity index (χ3v) is 3.68. The lowest BCUT2D eigenvalue weighted by Crippen LogP contribution is -2.29. The third kappa shape index (κ3) is 3.31. The molecule has 2 aromatic rings. The predicted molar refractivity (Wildman–Crippen MR) is 75.1 cm³/mol. The summed E-state index contributed by atoms with van der Waals surface area (Å²) in [5.74, 6) is -0.324. The molecule has 1 atom stereocenters. The van der Waals surface area contributed by atoms with Gasteiger partial charge in [-0.2, -0.15) is 0 Å². The summed E-state index contributed by atoms with van der Waals surface area (Å²) < 4.78 is 12.0. The van der Waals surface area contributed by atoms with Crippen molar-refractivity contribution >= 4 is 33.4 Å². The molecule has 4 N–H and O–H groups in total. The molecule has 1 aromatic carbocycles. The van der Waals surface area contributed by atoms with Crippen LogP contribution in [0, 0.1) is 0 Å². The number of aromatic amines is 1. The fourth-order valence-electron chi connectivity index (χ4n) is 1.61. The molecule has 102 valence electrons. The Kier molecular flexibility index (Phi) is 4.16. The molecule has 0 spiro atoms. The van der Waals surface area contributed by atoms with Gasteiger partial charge in [0, 0.05) is 12.2 Å². The van der Waals surface area contributed by atoms with Gasteiger partial charge in [-0.3, -0.25) is 9.00 Å². The summed E-state index contributed by atoms with van der Waals surface area (Å²) in [6.07, 6.45) is 0.849. The standard InChI is InChI=1S/C12H16N4O2S/c1-2-5-14-11(17)7-19(18)12-15-9-4-3-8(13)6-10(9)16-12/h3-4,6H,2,5,7,13H2,1H3,(H,14,17)(H,15,16). The molecule has 0 saturated carbocycles. The highest BCUT2D eigenvalue weighted by molar-refractivity contribution is 7.85. The normalized spacial score (nSPS) is 12.5. The topological polar surface area (TPSA) is 101 Å². The second-order valence-electron chi connectivity index (χ2n) is 4.16. The molecular formula is C12H16N4O2S. The molecule has 1 aromatic heterocycles. The average molecular weight is 280 g/mol. The van der Waals surface area contributed by atoms with Gasteiger partial charge in [-0.1, -0.05) is 6.92 Å². The highest BCUT2D eigenvalue weighted by Crippen LogP contribution is 2.16. The van der Waals surface area contributed by atoms with E-state index < -0.39 is 10.8 Å². The lowest BCUT2D eigenvalue weighted by Gasteiger charge is -2.01. The number of amides is 1. The van der Waals surface area contributed by atoms with E-state index in [-0.39, 0.29) is 11.7 Å². The molecule has 0 saturated heterocycles. The number of fused-ring (bicyclic) bond motifs is 1. The highest BCUT2D eigenvalue weighted by Gasteiger charge is 2.13. The first kappa shape index (κ1) is 13.5. The van der Waals surface area contributed by atoms with Crippen LogP contribution < -0.4 is 11.1 Å². The molecule has 19 heavy (non-hydrogen) atoms. The number of nitrogens with one attached hydrogen (secondary N) is 2. The summed E-state index contributed by atoms with van der Waals surface area (Å²) >= 11 is 0. The fraction of sp³-hybridized carbons (Fsp3) is 0.333. The number of H-pyrrole nitrogens is 1. The number of nitrogens with zero attached hydrogens (tertiary/aromatic N) is 1. The summed E-state index contributed by atoms with van der Waals surface area (Å²) in [7, 11) is -1.48. The largest absolute Gasteiger partial charge is 0.399 e. The quantitative estimate of drug-likeness (QED) is 0.704. The van der Waals surface area contributed by atoms with Crippen LogP contribution in [0.25, 0.3) is 11.0 Å². The zero-order chi connectivity index (χ0) is 13.8. The summed E-state index contributed by atoms with van der Waals surface area (Å²) in [6, 6.07) is 5.20. The number of hydrogen-bond donors (Lipinski definition) is 3. The van der Waals surface area contributed by atoms with Crippen LogP contribution in [0.4, 0.5) is 5.69 Å². The Bertz CT molecular complexity index is 623.